The zero-order chi connectivity index (χ0) is 34.1. The molecule has 0 spiro atoms. The third-order valence-electron chi connectivity index (χ3n) is 9.39. The summed E-state index contributed by atoms with van der Waals surface area (Å²) in [4.78, 5) is 20.3. The van der Waals surface area contributed by atoms with Crippen molar-refractivity contribution < 1.29 is 0 Å². The molecule has 0 aliphatic rings. The molecule has 0 saturated carbocycles. The molecule has 51 heavy (non-hydrogen) atoms. The summed E-state index contributed by atoms with van der Waals surface area (Å²) in [6, 6.07) is 61.1. The van der Waals surface area contributed by atoms with Crippen molar-refractivity contribution in [2.45, 2.75) is 6.92 Å². The minimum absolute atomic E-state index is 0.696. The van der Waals surface area contributed by atoms with Crippen LogP contribution in [-0.4, -0.2) is 19.9 Å². The molecule has 3 aromatic heterocycles. The van der Waals surface area contributed by atoms with Crippen LogP contribution in [0, 0.1) is 6.92 Å². The van der Waals surface area contributed by atoms with Gasteiger partial charge in [-0.2, -0.15) is 0 Å². The predicted molar refractivity (Wildman–Crippen MR) is 210 cm³/mol. The molecule has 0 aliphatic heterocycles. The molecule has 9 aromatic rings. The molecule has 0 atom stereocenters. The largest absolute Gasteiger partial charge is 0.251 e. The molecule has 6 aromatic carbocycles. The van der Waals surface area contributed by atoms with Crippen molar-refractivity contribution in [3.05, 3.63) is 182 Å². The third-order valence-corrected chi connectivity index (χ3v) is 9.39. The van der Waals surface area contributed by atoms with Gasteiger partial charge in [-0.25, -0.2) is 15.0 Å². The number of aryl methyl sites for hydroxylation is 1. The van der Waals surface area contributed by atoms with E-state index in [9.17, 15) is 0 Å². The number of benzene rings is 6. The summed E-state index contributed by atoms with van der Waals surface area (Å²) >= 11 is 0. The first-order chi connectivity index (χ1) is 25.2. The highest BCUT2D eigenvalue weighted by Crippen LogP contribution is 2.36. The van der Waals surface area contributed by atoms with E-state index in [1.54, 1.807) is 0 Å². The SMILES string of the molecule is Cc1ccc2ccc3c(-c4ccc(-c5cc(-c6ccc(-c7ccccc7)cc6)nc(-c6ccccc6)n5)cc4)cc(-c4ccccc4)nc3c2n1. The number of fused-ring (bicyclic) bond motifs is 3. The van der Waals surface area contributed by atoms with Gasteiger partial charge in [-0.05, 0) is 47.4 Å². The van der Waals surface area contributed by atoms with Gasteiger partial charge in [0.05, 0.1) is 28.1 Å². The molecule has 4 nitrogen and oxygen atoms in total. The van der Waals surface area contributed by atoms with Gasteiger partial charge in [0.1, 0.15) is 0 Å². The minimum Gasteiger partial charge on any atom is -0.251 e. The summed E-state index contributed by atoms with van der Waals surface area (Å²) in [5.74, 6) is 0.696. The van der Waals surface area contributed by atoms with Gasteiger partial charge < -0.3 is 0 Å². The molecule has 9 rings (SSSR count). The molecule has 0 aliphatic carbocycles. The Morgan fingerprint density at radius 3 is 1.43 bits per heavy atom. The molecule has 0 bridgehead atoms. The van der Waals surface area contributed by atoms with Gasteiger partial charge in [0.15, 0.2) is 5.82 Å². The first kappa shape index (κ1) is 30.3. The van der Waals surface area contributed by atoms with E-state index in [0.29, 0.717) is 5.82 Å². The zero-order valence-electron chi connectivity index (χ0n) is 28.0. The van der Waals surface area contributed by atoms with Crippen molar-refractivity contribution in [3.8, 4) is 67.4 Å². The number of hydrogen-bond acceptors (Lipinski definition) is 4. The lowest BCUT2D eigenvalue weighted by molar-refractivity contribution is 1.18. The molecular weight excluding hydrogens is 621 g/mol. The predicted octanol–water partition coefficient (Wildman–Crippen LogP) is 11.9. The Bertz CT molecular complexity index is 2650. The van der Waals surface area contributed by atoms with Crippen molar-refractivity contribution in [2.24, 2.45) is 0 Å². The number of hydrogen-bond donors (Lipinski definition) is 0. The molecule has 0 N–H and O–H groups in total. The fourth-order valence-electron chi connectivity index (χ4n) is 6.71. The number of aromatic nitrogens is 4. The Labute approximate surface area is 296 Å². The summed E-state index contributed by atoms with van der Waals surface area (Å²) in [5, 5.41) is 2.15. The Kier molecular flexibility index (Phi) is 7.67. The van der Waals surface area contributed by atoms with Crippen molar-refractivity contribution >= 4 is 21.8 Å². The van der Waals surface area contributed by atoms with E-state index in [1.807, 2.05) is 37.3 Å². The van der Waals surface area contributed by atoms with Crippen LogP contribution < -0.4 is 0 Å². The highest BCUT2D eigenvalue weighted by molar-refractivity contribution is 6.09. The summed E-state index contributed by atoms with van der Waals surface area (Å²) in [7, 11) is 0. The van der Waals surface area contributed by atoms with Crippen LogP contribution in [0.4, 0.5) is 0 Å². The van der Waals surface area contributed by atoms with E-state index in [4.69, 9.17) is 19.9 Å². The second-order valence-corrected chi connectivity index (χ2v) is 12.8. The summed E-state index contributed by atoms with van der Waals surface area (Å²) in [5.41, 5.74) is 14.1. The maximum absolute atomic E-state index is 5.19. The summed E-state index contributed by atoms with van der Waals surface area (Å²) in [6.45, 7) is 2.03. The molecule has 240 valence electrons. The Balaban J connectivity index is 1.15. The van der Waals surface area contributed by atoms with Crippen LogP contribution in [0.1, 0.15) is 5.69 Å². The van der Waals surface area contributed by atoms with E-state index in [2.05, 4.69) is 146 Å². The van der Waals surface area contributed by atoms with Crippen LogP contribution >= 0.6 is 0 Å². The maximum atomic E-state index is 5.19. The summed E-state index contributed by atoms with van der Waals surface area (Å²) < 4.78 is 0. The van der Waals surface area contributed by atoms with Crippen LogP contribution in [0.15, 0.2) is 176 Å². The molecule has 4 heteroatoms. The van der Waals surface area contributed by atoms with Crippen molar-refractivity contribution in [1.82, 2.24) is 19.9 Å². The minimum atomic E-state index is 0.696. The monoisotopic (exact) mass is 652 g/mol. The van der Waals surface area contributed by atoms with Crippen LogP contribution in [0.25, 0.3) is 89.2 Å². The first-order valence-electron chi connectivity index (χ1n) is 17.1. The van der Waals surface area contributed by atoms with Crippen molar-refractivity contribution in [1.29, 1.82) is 0 Å². The molecular formula is C47H32N4. The number of pyridine rings is 2. The highest BCUT2D eigenvalue weighted by Gasteiger charge is 2.15. The number of nitrogens with zero attached hydrogens (tertiary/aromatic N) is 4. The first-order valence-corrected chi connectivity index (χ1v) is 17.1. The smallest absolute Gasteiger partial charge is 0.160 e. The van der Waals surface area contributed by atoms with Gasteiger partial charge in [-0.3, -0.25) is 4.98 Å². The molecule has 0 radical (unpaired) electrons. The lowest BCUT2D eigenvalue weighted by Crippen LogP contribution is -1.96. The normalized spacial score (nSPS) is 11.2. The van der Waals surface area contributed by atoms with Gasteiger partial charge >= 0.3 is 0 Å². The van der Waals surface area contributed by atoms with E-state index < -0.39 is 0 Å². The highest BCUT2D eigenvalue weighted by atomic mass is 14.9. The second kappa shape index (κ2) is 12.9. The molecule has 0 amide bonds. The van der Waals surface area contributed by atoms with Gasteiger partial charge in [0, 0.05) is 38.7 Å². The lowest BCUT2D eigenvalue weighted by Gasteiger charge is -2.13. The van der Waals surface area contributed by atoms with Crippen LogP contribution in [0.3, 0.4) is 0 Å². The van der Waals surface area contributed by atoms with Gasteiger partial charge in [0.2, 0.25) is 0 Å². The number of rotatable bonds is 6. The zero-order valence-corrected chi connectivity index (χ0v) is 28.0. The van der Waals surface area contributed by atoms with E-state index in [-0.39, 0.29) is 0 Å². The quantitative estimate of drug-likeness (QED) is 0.168. The molecule has 3 heterocycles. The maximum Gasteiger partial charge on any atom is 0.160 e. The average molecular weight is 653 g/mol. The van der Waals surface area contributed by atoms with Gasteiger partial charge in [-0.1, -0.05) is 158 Å². The fourth-order valence-corrected chi connectivity index (χ4v) is 6.71. The molecule has 0 fully saturated rings. The fraction of sp³-hybridized carbons (Fsp3) is 0.0213. The molecule has 0 saturated heterocycles. The van der Waals surface area contributed by atoms with E-state index in [1.165, 1.54) is 11.1 Å². The topological polar surface area (TPSA) is 51.6 Å². The van der Waals surface area contributed by atoms with Crippen LogP contribution in [0.2, 0.25) is 0 Å². The van der Waals surface area contributed by atoms with E-state index in [0.717, 1.165) is 78.0 Å². The lowest BCUT2D eigenvalue weighted by atomic mass is 9.95. The van der Waals surface area contributed by atoms with Crippen molar-refractivity contribution in [3.63, 3.8) is 0 Å². The van der Waals surface area contributed by atoms with Crippen molar-refractivity contribution in [2.75, 3.05) is 0 Å². The Hall–Kier alpha value is -6.78. The second-order valence-electron chi connectivity index (χ2n) is 12.8. The third kappa shape index (κ3) is 5.94. The average Bonchev–Trinajstić information content (AvgIpc) is 3.21. The van der Waals surface area contributed by atoms with Crippen LogP contribution in [0.5, 0.6) is 0 Å². The molecule has 0 unspecified atom stereocenters. The van der Waals surface area contributed by atoms with E-state index >= 15 is 0 Å². The van der Waals surface area contributed by atoms with Gasteiger partial charge in [-0.15, -0.1) is 0 Å². The van der Waals surface area contributed by atoms with Crippen LogP contribution in [-0.2, 0) is 0 Å². The standard InChI is InChI=1S/C47H32N4/c1-31-17-18-38-27-28-40-41(29-42(35-13-7-3-8-14-35)49-46(40)45(38)48-31)34-21-25-37(26-22-34)44-30-43(50-47(51-44)39-15-9-4-10-16-39)36-23-19-33(20-24-36)32-11-5-2-6-12-32/h2-30H,1H3. The van der Waals surface area contributed by atoms with Gasteiger partial charge in [0.25, 0.3) is 0 Å². The summed E-state index contributed by atoms with van der Waals surface area (Å²) in [6.07, 6.45) is 0. The Morgan fingerprint density at radius 2 is 0.804 bits per heavy atom. The Morgan fingerprint density at radius 1 is 0.333 bits per heavy atom.